The van der Waals surface area contributed by atoms with Gasteiger partial charge in [0.15, 0.2) is 0 Å². The molecule has 1 amide bonds. The maximum absolute atomic E-state index is 12.1. The average molecular weight is 211 g/mol. The van der Waals surface area contributed by atoms with E-state index < -0.39 is 0 Å². The summed E-state index contributed by atoms with van der Waals surface area (Å²) in [6.07, 6.45) is 3.32. The van der Waals surface area contributed by atoms with Crippen molar-refractivity contribution in [1.82, 2.24) is 15.1 Å². The van der Waals surface area contributed by atoms with Gasteiger partial charge in [-0.1, -0.05) is 6.92 Å². The van der Waals surface area contributed by atoms with Crippen LogP contribution in [0.4, 0.5) is 0 Å². The molecule has 1 spiro atoms. The molecule has 0 aromatic heterocycles. The van der Waals surface area contributed by atoms with E-state index >= 15 is 0 Å². The lowest BCUT2D eigenvalue weighted by molar-refractivity contribution is -0.130. The van der Waals surface area contributed by atoms with Crippen LogP contribution >= 0.6 is 0 Å². The molecule has 4 nitrogen and oxygen atoms in total. The predicted octanol–water partition coefficient (Wildman–Crippen LogP) is 0.249. The molecule has 1 aliphatic heterocycles. The highest BCUT2D eigenvalue weighted by molar-refractivity contribution is 5.91. The van der Waals surface area contributed by atoms with E-state index in [1.54, 1.807) is 0 Å². The summed E-state index contributed by atoms with van der Waals surface area (Å²) < 4.78 is 0. The molecule has 4 heteroatoms. The van der Waals surface area contributed by atoms with Gasteiger partial charge in [-0.05, 0) is 33.4 Å². The van der Waals surface area contributed by atoms with Crippen LogP contribution in [0.2, 0.25) is 0 Å². The second-order valence-electron chi connectivity index (χ2n) is 4.95. The molecule has 1 N–H and O–H groups in total. The summed E-state index contributed by atoms with van der Waals surface area (Å²) in [6, 6.07) is 0. The van der Waals surface area contributed by atoms with Crippen LogP contribution in [0.25, 0.3) is 0 Å². The van der Waals surface area contributed by atoms with Gasteiger partial charge in [-0.15, -0.1) is 0 Å². The zero-order valence-corrected chi connectivity index (χ0v) is 9.92. The second kappa shape index (κ2) is 3.76. The highest BCUT2D eigenvalue weighted by Gasteiger charge is 2.58. The number of carbonyl (C=O) groups excluding carboxylic acids is 1. The zero-order valence-electron chi connectivity index (χ0n) is 9.92. The van der Waals surface area contributed by atoms with Crippen LogP contribution < -0.4 is 5.32 Å². The Kier molecular flexibility index (Phi) is 2.73. The van der Waals surface area contributed by atoms with E-state index in [4.69, 9.17) is 0 Å². The normalized spacial score (nSPS) is 28.1. The standard InChI is InChI=1S/C11H21N3O/c1-4-9-12-11(5-6-11)10(15)14(9)8-7-13(2)3/h9,12H,4-8H2,1-3H3. The van der Waals surface area contributed by atoms with Crippen molar-refractivity contribution in [3.63, 3.8) is 0 Å². The van der Waals surface area contributed by atoms with Crippen LogP contribution in [0, 0.1) is 0 Å². The molecule has 1 unspecified atom stereocenters. The largest absolute Gasteiger partial charge is 0.324 e. The van der Waals surface area contributed by atoms with Gasteiger partial charge < -0.3 is 9.80 Å². The van der Waals surface area contributed by atoms with Gasteiger partial charge in [-0.2, -0.15) is 0 Å². The van der Waals surface area contributed by atoms with Crippen LogP contribution in [-0.2, 0) is 4.79 Å². The van der Waals surface area contributed by atoms with Gasteiger partial charge in [0.2, 0.25) is 5.91 Å². The summed E-state index contributed by atoms with van der Waals surface area (Å²) in [4.78, 5) is 16.3. The number of nitrogens with zero attached hydrogens (tertiary/aromatic N) is 2. The smallest absolute Gasteiger partial charge is 0.244 e. The SMILES string of the molecule is CCC1NC2(CC2)C(=O)N1CCN(C)C. The molecule has 1 saturated heterocycles. The molecule has 2 aliphatic rings. The fourth-order valence-corrected chi connectivity index (χ4v) is 2.25. The first-order chi connectivity index (χ1) is 7.09. The van der Waals surface area contributed by atoms with E-state index in [2.05, 4.69) is 17.1 Å². The molecule has 0 aromatic rings. The molecule has 15 heavy (non-hydrogen) atoms. The molecule has 1 saturated carbocycles. The highest BCUT2D eigenvalue weighted by Crippen LogP contribution is 2.42. The number of carbonyl (C=O) groups is 1. The molecule has 0 bridgehead atoms. The Morgan fingerprint density at radius 3 is 2.67 bits per heavy atom. The fourth-order valence-electron chi connectivity index (χ4n) is 2.25. The number of nitrogens with one attached hydrogen (secondary N) is 1. The van der Waals surface area contributed by atoms with Gasteiger partial charge in [0.05, 0.1) is 11.7 Å². The number of rotatable bonds is 4. The van der Waals surface area contributed by atoms with Crippen molar-refractivity contribution in [2.45, 2.75) is 37.9 Å². The lowest BCUT2D eigenvalue weighted by Crippen LogP contribution is -2.40. The van der Waals surface area contributed by atoms with E-state index in [1.165, 1.54) is 0 Å². The number of hydrogen-bond donors (Lipinski definition) is 1. The third-order valence-electron chi connectivity index (χ3n) is 3.41. The Hall–Kier alpha value is -0.610. The summed E-state index contributed by atoms with van der Waals surface area (Å²) >= 11 is 0. The van der Waals surface area contributed by atoms with E-state index in [-0.39, 0.29) is 11.7 Å². The lowest BCUT2D eigenvalue weighted by atomic mass is 10.3. The zero-order chi connectivity index (χ0) is 11.1. The third-order valence-corrected chi connectivity index (χ3v) is 3.41. The van der Waals surface area contributed by atoms with Crippen molar-refractivity contribution in [3.8, 4) is 0 Å². The predicted molar refractivity (Wildman–Crippen MR) is 59.4 cm³/mol. The molecule has 0 radical (unpaired) electrons. The van der Waals surface area contributed by atoms with Gasteiger partial charge in [0.25, 0.3) is 0 Å². The van der Waals surface area contributed by atoms with E-state index in [1.807, 2.05) is 19.0 Å². The minimum absolute atomic E-state index is 0.146. The highest BCUT2D eigenvalue weighted by atomic mass is 16.2. The quantitative estimate of drug-likeness (QED) is 0.724. The summed E-state index contributed by atoms with van der Waals surface area (Å²) in [5, 5.41) is 3.47. The summed E-state index contributed by atoms with van der Waals surface area (Å²) in [5.74, 6) is 0.330. The van der Waals surface area contributed by atoms with Crippen molar-refractivity contribution in [2.75, 3.05) is 27.2 Å². The first-order valence-corrected chi connectivity index (χ1v) is 5.82. The van der Waals surface area contributed by atoms with Crippen molar-refractivity contribution in [2.24, 2.45) is 0 Å². The number of amides is 1. The van der Waals surface area contributed by atoms with Gasteiger partial charge in [0, 0.05) is 13.1 Å². The molecule has 1 atom stereocenters. The Bertz CT molecular complexity index is 261. The van der Waals surface area contributed by atoms with E-state index in [0.717, 1.165) is 32.4 Å². The van der Waals surface area contributed by atoms with Gasteiger partial charge in [-0.25, -0.2) is 0 Å². The third kappa shape index (κ3) is 1.88. The van der Waals surface area contributed by atoms with Crippen LogP contribution in [0.15, 0.2) is 0 Å². The maximum atomic E-state index is 12.1. The topological polar surface area (TPSA) is 35.6 Å². The van der Waals surface area contributed by atoms with Crippen molar-refractivity contribution < 1.29 is 4.79 Å². The number of hydrogen-bond acceptors (Lipinski definition) is 3. The van der Waals surface area contributed by atoms with Gasteiger partial charge >= 0.3 is 0 Å². The molecule has 0 aromatic carbocycles. The minimum Gasteiger partial charge on any atom is -0.324 e. The first kappa shape index (κ1) is 10.9. The number of likely N-dealkylation sites (N-methyl/N-ethyl adjacent to an activating group) is 1. The molecule has 1 heterocycles. The molecular formula is C11H21N3O. The summed E-state index contributed by atoms with van der Waals surface area (Å²) in [6.45, 7) is 3.92. The summed E-state index contributed by atoms with van der Waals surface area (Å²) in [5.41, 5.74) is -0.146. The molecule has 1 aliphatic carbocycles. The van der Waals surface area contributed by atoms with Gasteiger partial charge in [0.1, 0.15) is 0 Å². The van der Waals surface area contributed by atoms with E-state index in [0.29, 0.717) is 5.91 Å². The maximum Gasteiger partial charge on any atom is 0.244 e. The van der Waals surface area contributed by atoms with Crippen LogP contribution in [0.3, 0.4) is 0 Å². The molecular weight excluding hydrogens is 190 g/mol. The monoisotopic (exact) mass is 211 g/mol. The Morgan fingerprint density at radius 1 is 1.53 bits per heavy atom. The van der Waals surface area contributed by atoms with Crippen molar-refractivity contribution in [1.29, 1.82) is 0 Å². The lowest BCUT2D eigenvalue weighted by Gasteiger charge is -2.24. The fraction of sp³-hybridized carbons (Fsp3) is 0.909. The van der Waals surface area contributed by atoms with Crippen LogP contribution in [0.5, 0.6) is 0 Å². The van der Waals surface area contributed by atoms with Crippen molar-refractivity contribution >= 4 is 5.91 Å². The molecule has 2 fully saturated rings. The first-order valence-electron chi connectivity index (χ1n) is 5.82. The Balaban J connectivity index is 1.98. The van der Waals surface area contributed by atoms with E-state index in [9.17, 15) is 4.79 Å². The summed E-state index contributed by atoms with van der Waals surface area (Å²) in [7, 11) is 4.09. The minimum atomic E-state index is -0.146. The average Bonchev–Trinajstić information content (AvgIpc) is 2.90. The van der Waals surface area contributed by atoms with Crippen LogP contribution in [-0.4, -0.2) is 54.6 Å². The molecule has 2 rings (SSSR count). The Morgan fingerprint density at radius 2 is 2.20 bits per heavy atom. The second-order valence-corrected chi connectivity index (χ2v) is 4.95. The Labute approximate surface area is 91.6 Å². The van der Waals surface area contributed by atoms with Crippen molar-refractivity contribution in [3.05, 3.63) is 0 Å². The van der Waals surface area contributed by atoms with Gasteiger partial charge in [-0.3, -0.25) is 10.1 Å². The van der Waals surface area contributed by atoms with Crippen LogP contribution in [0.1, 0.15) is 26.2 Å². The molecule has 86 valence electrons.